The topological polar surface area (TPSA) is 211 Å². The Morgan fingerprint density at radius 1 is 0.974 bits per heavy atom. The number of aliphatic carboxylic acids is 3. The Bertz CT molecular complexity index is 1230. The van der Waals surface area contributed by atoms with Crippen LogP contribution in [0, 0.1) is 20.8 Å². The number of likely N-dealkylation sites (tertiary alicyclic amines) is 1. The number of hydrogen-bond acceptors (Lipinski definition) is 9. The van der Waals surface area contributed by atoms with Gasteiger partial charge in [0.1, 0.15) is 5.75 Å². The predicted molar refractivity (Wildman–Crippen MR) is 137 cm³/mol. The Morgan fingerprint density at radius 3 is 1.95 bits per heavy atom. The van der Waals surface area contributed by atoms with Gasteiger partial charge in [0.05, 0.1) is 30.7 Å². The lowest BCUT2D eigenvalue weighted by Gasteiger charge is -2.38. The Balaban J connectivity index is 0.000000349. The van der Waals surface area contributed by atoms with Crippen LogP contribution in [0.25, 0.3) is 0 Å². The lowest BCUT2D eigenvalue weighted by atomic mass is 9.91. The number of rotatable bonds is 9. The molecule has 214 valence electrons. The standard InChI is InChI=1S/C20H27N3O3.C6H8O7/c1-14-10-17(11-15(2)19(14)25)12-22-8-6-20(26,7-9-22)13-23-18(24)5-4-16(3)21-23;7-3(8)1-6(13,5(11)12)2-4(9)10/h4-5,10-11,25-26H,6-9,12-13H2,1-3H3;13H,1-2H2,(H,7,8)(H,9,10)(H,11,12). The minimum Gasteiger partial charge on any atom is -0.507 e. The fraction of sp³-hybridized carbons (Fsp3) is 0.500. The number of carboxylic acid groups (broad SMARTS) is 3. The maximum atomic E-state index is 11.9. The molecule has 0 atom stereocenters. The molecule has 39 heavy (non-hydrogen) atoms. The molecule has 1 aliphatic heterocycles. The molecule has 0 unspecified atom stereocenters. The monoisotopic (exact) mass is 549 g/mol. The maximum absolute atomic E-state index is 11.9. The summed E-state index contributed by atoms with van der Waals surface area (Å²) in [6.45, 7) is 8.20. The van der Waals surface area contributed by atoms with Gasteiger partial charge in [-0.1, -0.05) is 12.1 Å². The van der Waals surface area contributed by atoms with E-state index in [0.717, 1.165) is 36.5 Å². The van der Waals surface area contributed by atoms with Crippen LogP contribution in [0.4, 0.5) is 0 Å². The first-order valence-corrected chi connectivity index (χ1v) is 12.2. The zero-order chi connectivity index (χ0) is 29.5. The average molecular weight is 550 g/mol. The van der Waals surface area contributed by atoms with E-state index in [4.69, 9.17) is 20.4 Å². The van der Waals surface area contributed by atoms with Crippen LogP contribution in [-0.4, -0.2) is 87.5 Å². The van der Waals surface area contributed by atoms with Crippen molar-refractivity contribution in [3.8, 4) is 5.75 Å². The molecule has 3 rings (SSSR count). The van der Waals surface area contributed by atoms with Crippen molar-refractivity contribution >= 4 is 17.9 Å². The minimum atomic E-state index is -2.74. The highest BCUT2D eigenvalue weighted by Crippen LogP contribution is 2.27. The van der Waals surface area contributed by atoms with E-state index in [0.29, 0.717) is 18.6 Å². The Labute approximate surface area is 224 Å². The number of phenols is 1. The second-order valence-corrected chi connectivity index (χ2v) is 10.0. The fourth-order valence-corrected chi connectivity index (χ4v) is 4.34. The summed E-state index contributed by atoms with van der Waals surface area (Å²) in [4.78, 5) is 44.7. The highest BCUT2D eigenvalue weighted by molar-refractivity contribution is 5.88. The fourth-order valence-electron chi connectivity index (χ4n) is 4.34. The smallest absolute Gasteiger partial charge is 0.336 e. The van der Waals surface area contributed by atoms with Crippen molar-refractivity contribution < 1.29 is 45.0 Å². The highest BCUT2D eigenvalue weighted by Gasteiger charge is 2.40. The van der Waals surface area contributed by atoms with Crippen LogP contribution in [-0.2, 0) is 27.5 Å². The molecule has 0 amide bonds. The number of piperidine rings is 1. The lowest BCUT2D eigenvalue weighted by Crippen LogP contribution is -2.48. The van der Waals surface area contributed by atoms with E-state index in [1.54, 1.807) is 6.07 Å². The van der Waals surface area contributed by atoms with Gasteiger partial charge >= 0.3 is 17.9 Å². The third-order valence-corrected chi connectivity index (χ3v) is 6.47. The highest BCUT2D eigenvalue weighted by atomic mass is 16.4. The molecule has 0 aliphatic carbocycles. The van der Waals surface area contributed by atoms with Gasteiger partial charge in [-0.2, -0.15) is 5.10 Å². The molecule has 0 radical (unpaired) electrons. The number of carbonyl (C=O) groups is 3. The summed E-state index contributed by atoms with van der Waals surface area (Å²) in [5.41, 5.74) is -0.110. The summed E-state index contributed by atoms with van der Waals surface area (Å²) in [5, 5.41) is 58.8. The summed E-state index contributed by atoms with van der Waals surface area (Å²) in [7, 11) is 0. The molecule has 1 aromatic heterocycles. The molecule has 2 heterocycles. The number of aromatic nitrogens is 2. The molecule has 1 saturated heterocycles. The largest absolute Gasteiger partial charge is 0.507 e. The van der Waals surface area contributed by atoms with Crippen molar-refractivity contribution in [1.82, 2.24) is 14.7 Å². The quantitative estimate of drug-likeness (QED) is 0.255. The number of carboxylic acids is 3. The van der Waals surface area contributed by atoms with E-state index in [9.17, 15) is 29.4 Å². The number of benzene rings is 1. The van der Waals surface area contributed by atoms with Gasteiger partial charge in [0, 0.05) is 25.7 Å². The molecule has 13 heteroatoms. The van der Waals surface area contributed by atoms with Crippen molar-refractivity contribution in [2.75, 3.05) is 13.1 Å². The summed E-state index contributed by atoms with van der Waals surface area (Å²) >= 11 is 0. The third-order valence-electron chi connectivity index (χ3n) is 6.47. The minimum absolute atomic E-state index is 0.179. The van der Waals surface area contributed by atoms with Crippen LogP contribution in [0.2, 0.25) is 0 Å². The number of hydrogen-bond donors (Lipinski definition) is 6. The van der Waals surface area contributed by atoms with E-state index >= 15 is 0 Å². The van der Waals surface area contributed by atoms with Crippen molar-refractivity contribution in [3.05, 3.63) is 57.0 Å². The van der Waals surface area contributed by atoms with Crippen LogP contribution >= 0.6 is 0 Å². The second-order valence-electron chi connectivity index (χ2n) is 10.0. The summed E-state index contributed by atoms with van der Waals surface area (Å²) in [6.07, 6.45) is -1.08. The average Bonchev–Trinajstić information content (AvgIpc) is 2.81. The van der Waals surface area contributed by atoms with E-state index in [1.165, 1.54) is 16.3 Å². The molecule has 0 spiro atoms. The lowest BCUT2D eigenvalue weighted by molar-refractivity contribution is -0.170. The summed E-state index contributed by atoms with van der Waals surface area (Å²) in [5.74, 6) is -4.66. The number of aryl methyl sites for hydroxylation is 3. The first-order chi connectivity index (χ1) is 18.0. The predicted octanol–water partition coefficient (Wildman–Crippen LogP) is 0.653. The van der Waals surface area contributed by atoms with Crippen LogP contribution in [0.5, 0.6) is 5.75 Å². The van der Waals surface area contributed by atoms with E-state index < -0.39 is 42.0 Å². The van der Waals surface area contributed by atoms with Crippen LogP contribution in [0.3, 0.4) is 0 Å². The first kappa shape index (κ1) is 31.4. The Kier molecular flexibility index (Phi) is 10.3. The molecule has 0 bridgehead atoms. The maximum Gasteiger partial charge on any atom is 0.336 e. The second kappa shape index (κ2) is 12.8. The van der Waals surface area contributed by atoms with Crippen molar-refractivity contribution in [3.63, 3.8) is 0 Å². The van der Waals surface area contributed by atoms with Crippen molar-refractivity contribution in [1.29, 1.82) is 0 Å². The van der Waals surface area contributed by atoms with Gasteiger partial charge in [-0.05, 0) is 56.4 Å². The Morgan fingerprint density at radius 2 is 1.49 bits per heavy atom. The van der Waals surface area contributed by atoms with Crippen LogP contribution < -0.4 is 5.56 Å². The molecule has 1 aromatic carbocycles. The SMILES string of the molecule is Cc1ccc(=O)n(CC2(O)CCN(Cc3cc(C)c(O)c(C)c3)CC2)n1.O=C(O)CC(O)(CC(=O)O)C(=O)O. The first-order valence-electron chi connectivity index (χ1n) is 12.2. The molecule has 6 N–H and O–H groups in total. The van der Waals surface area contributed by atoms with Crippen molar-refractivity contribution in [2.45, 2.75) is 70.7 Å². The molecule has 2 aromatic rings. The normalized spacial score (nSPS) is 15.2. The molecular weight excluding hydrogens is 514 g/mol. The van der Waals surface area contributed by atoms with Gasteiger partial charge in [0.15, 0.2) is 5.60 Å². The Hall–Kier alpha value is -3.81. The molecule has 13 nitrogen and oxygen atoms in total. The summed E-state index contributed by atoms with van der Waals surface area (Å²) in [6, 6.07) is 7.21. The third kappa shape index (κ3) is 9.16. The number of phenolic OH excluding ortho intramolecular Hbond substituents is 1. The van der Waals surface area contributed by atoms with Gasteiger partial charge in [-0.15, -0.1) is 0 Å². The number of aromatic hydroxyl groups is 1. The van der Waals surface area contributed by atoms with Crippen molar-refractivity contribution in [2.24, 2.45) is 0 Å². The summed E-state index contributed by atoms with van der Waals surface area (Å²) < 4.78 is 1.37. The van der Waals surface area contributed by atoms with Crippen LogP contribution in [0.15, 0.2) is 29.1 Å². The van der Waals surface area contributed by atoms with Gasteiger partial charge in [0.2, 0.25) is 0 Å². The molecule has 0 saturated carbocycles. The van der Waals surface area contributed by atoms with Gasteiger partial charge < -0.3 is 30.6 Å². The number of nitrogens with zero attached hydrogens (tertiary/aromatic N) is 3. The van der Waals surface area contributed by atoms with E-state index in [-0.39, 0.29) is 12.1 Å². The van der Waals surface area contributed by atoms with E-state index in [1.807, 2.05) is 32.9 Å². The van der Waals surface area contributed by atoms with E-state index in [2.05, 4.69) is 10.00 Å². The van der Waals surface area contributed by atoms with Crippen LogP contribution in [0.1, 0.15) is 48.1 Å². The molecule has 1 aliphatic rings. The molecular formula is C26H35N3O10. The van der Waals surface area contributed by atoms with Gasteiger partial charge in [0.25, 0.3) is 5.56 Å². The van der Waals surface area contributed by atoms with Gasteiger partial charge in [-0.25, -0.2) is 9.48 Å². The number of aliphatic hydroxyl groups is 2. The zero-order valence-electron chi connectivity index (χ0n) is 22.1. The zero-order valence-corrected chi connectivity index (χ0v) is 22.1. The molecule has 1 fully saturated rings. The van der Waals surface area contributed by atoms with Gasteiger partial charge in [-0.3, -0.25) is 19.3 Å².